The van der Waals surface area contributed by atoms with Crippen molar-refractivity contribution in [3.8, 4) is 0 Å². The van der Waals surface area contributed by atoms with Gasteiger partial charge in [0.1, 0.15) is 0 Å². The number of hydrogen-bond donors (Lipinski definition) is 1. The topological polar surface area (TPSA) is 15.3 Å². The third kappa shape index (κ3) is 4.55. The van der Waals surface area contributed by atoms with Crippen molar-refractivity contribution < 1.29 is 0 Å². The highest BCUT2D eigenvalue weighted by molar-refractivity contribution is 5.25. The zero-order valence-electron chi connectivity index (χ0n) is 14.2. The molecule has 1 aromatic carbocycles. The van der Waals surface area contributed by atoms with Gasteiger partial charge in [0, 0.05) is 19.1 Å². The minimum atomic E-state index is 0.446. The minimum absolute atomic E-state index is 0.446. The number of likely N-dealkylation sites (tertiary alicyclic amines) is 1. The lowest BCUT2D eigenvalue weighted by Crippen LogP contribution is -2.42. The first-order valence-corrected chi connectivity index (χ1v) is 8.62. The van der Waals surface area contributed by atoms with Crippen LogP contribution in [0.4, 0.5) is 0 Å². The second-order valence-electron chi connectivity index (χ2n) is 6.84. The van der Waals surface area contributed by atoms with Crippen LogP contribution in [0, 0.1) is 11.8 Å². The normalized spacial score (nSPS) is 25.0. The molecule has 1 aromatic rings. The van der Waals surface area contributed by atoms with E-state index in [0.717, 1.165) is 18.4 Å². The van der Waals surface area contributed by atoms with Crippen LogP contribution in [0.3, 0.4) is 0 Å². The second kappa shape index (κ2) is 7.95. The van der Waals surface area contributed by atoms with Crippen LogP contribution in [0.25, 0.3) is 0 Å². The summed E-state index contributed by atoms with van der Waals surface area (Å²) in [5.41, 5.74) is 2.88. The van der Waals surface area contributed by atoms with E-state index in [1.54, 1.807) is 0 Å². The molecule has 1 saturated heterocycles. The van der Waals surface area contributed by atoms with Gasteiger partial charge in [-0.05, 0) is 49.4 Å². The molecule has 2 nitrogen and oxygen atoms in total. The van der Waals surface area contributed by atoms with Crippen LogP contribution in [0.15, 0.2) is 24.3 Å². The van der Waals surface area contributed by atoms with Crippen molar-refractivity contribution in [2.75, 3.05) is 26.7 Å². The Morgan fingerprint density at radius 1 is 1.19 bits per heavy atom. The molecule has 3 atom stereocenters. The number of piperidine rings is 1. The molecule has 2 heteroatoms. The lowest BCUT2D eigenvalue weighted by molar-refractivity contribution is 0.128. The van der Waals surface area contributed by atoms with Crippen molar-refractivity contribution in [3.05, 3.63) is 35.4 Å². The van der Waals surface area contributed by atoms with Crippen molar-refractivity contribution in [3.63, 3.8) is 0 Å². The fraction of sp³-hybridized carbons (Fsp3) is 0.684. The Kier molecular flexibility index (Phi) is 6.25. The molecule has 0 saturated carbocycles. The van der Waals surface area contributed by atoms with E-state index in [1.165, 1.54) is 43.5 Å². The number of rotatable bonds is 6. The van der Waals surface area contributed by atoms with Crippen LogP contribution in [0.1, 0.15) is 50.8 Å². The Labute approximate surface area is 130 Å². The molecular formula is C19H32N2. The molecule has 1 heterocycles. The van der Waals surface area contributed by atoms with Crippen LogP contribution in [0.2, 0.25) is 0 Å². The van der Waals surface area contributed by atoms with Crippen LogP contribution in [-0.2, 0) is 6.42 Å². The number of hydrogen-bond acceptors (Lipinski definition) is 2. The molecule has 1 aliphatic rings. The summed E-state index contributed by atoms with van der Waals surface area (Å²) in [7, 11) is 2.08. The predicted molar refractivity (Wildman–Crippen MR) is 91.6 cm³/mol. The first-order valence-electron chi connectivity index (χ1n) is 8.62. The molecule has 2 rings (SSSR count). The molecule has 1 fully saturated rings. The molecule has 21 heavy (non-hydrogen) atoms. The number of benzene rings is 1. The fourth-order valence-corrected chi connectivity index (χ4v) is 3.34. The van der Waals surface area contributed by atoms with E-state index in [-0.39, 0.29) is 0 Å². The molecule has 0 bridgehead atoms. The maximum atomic E-state index is 3.50. The third-order valence-corrected chi connectivity index (χ3v) is 5.13. The summed E-state index contributed by atoms with van der Waals surface area (Å²) in [4.78, 5) is 2.63. The predicted octanol–water partition coefficient (Wildman–Crippen LogP) is 3.88. The summed E-state index contributed by atoms with van der Waals surface area (Å²) < 4.78 is 0. The van der Waals surface area contributed by atoms with Crippen molar-refractivity contribution in [1.29, 1.82) is 0 Å². The van der Waals surface area contributed by atoms with Crippen molar-refractivity contribution in [2.24, 2.45) is 11.8 Å². The highest BCUT2D eigenvalue weighted by Crippen LogP contribution is 2.24. The lowest BCUT2D eigenvalue weighted by Gasteiger charge is -2.37. The highest BCUT2D eigenvalue weighted by atomic mass is 15.2. The summed E-state index contributed by atoms with van der Waals surface area (Å²) in [6.45, 7) is 10.6. The van der Waals surface area contributed by atoms with E-state index in [9.17, 15) is 0 Å². The van der Waals surface area contributed by atoms with Gasteiger partial charge in [0.05, 0.1) is 0 Å². The van der Waals surface area contributed by atoms with Gasteiger partial charge in [-0.15, -0.1) is 0 Å². The number of nitrogens with zero attached hydrogens (tertiary/aromatic N) is 1. The second-order valence-corrected chi connectivity index (χ2v) is 6.84. The summed E-state index contributed by atoms with van der Waals surface area (Å²) in [6.07, 6.45) is 3.75. The standard InChI is InChI=1S/C19H32N2/c1-5-6-17-7-9-18(10-8-17)19(20-4)14-21-12-11-15(2)16(3)13-21/h7-10,15-16,19-20H,5-6,11-14H2,1-4H3. The van der Waals surface area contributed by atoms with E-state index in [1.807, 2.05) is 0 Å². The maximum Gasteiger partial charge on any atom is 0.0446 e. The number of aryl methyl sites for hydroxylation is 1. The smallest absolute Gasteiger partial charge is 0.0446 e. The van der Waals surface area contributed by atoms with Gasteiger partial charge in [-0.2, -0.15) is 0 Å². The quantitative estimate of drug-likeness (QED) is 0.854. The number of nitrogens with one attached hydrogen (secondary N) is 1. The van der Waals surface area contributed by atoms with E-state index in [4.69, 9.17) is 0 Å². The molecule has 0 aliphatic carbocycles. The van der Waals surface area contributed by atoms with Gasteiger partial charge in [-0.1, -0.05) is 51.5 Å². The molecule has 0 spiro atoms. The Bertz CT molecular complexity index is 412. The van der Waals surface area contributed by atoms with E-state index in [2.05, 4.69) is 62.3 Å². The zero-order chi connectivity index (χ0) is 15.2. The Balaban J connectivity index is 1.96. The van der Waals surface area contributed by atoms with Gasteiger partial charge < -0.3 is 10.2 Å². The average Bonchev–Trinajstić information content (AvgIpc) is 2.50. The van der Waals surface area contributed by atoms with Crippen LogP contribution in [0.5, 0.6) is 0 Å². The zero-order valence-corrected chi connectivity index (χ0v) is 14.2. The first kappa shape index (κ1) is 16.5. The summed E-state index contributed by atoms with van der Waals surface area (Å²) in [6, 6.07) is 9.65. The fourth-order valence-electron chi connectivity index (χ4n) is 3.34. The average molecular weight is 288 g/mol. The molecule has 118 valence electrons. The van der Waals surface area contributed by atoms with E-state index in [0.29, 0.717) is 6.04 Å². The summed E-state index contributed by atoms with van der Waals surface area (Å²) in [5.74, 6) is 1.70. The van der Waals surface area contributed by atoms with Gasteiger partial charge >= 0.3 is 0 Å². The Morgan fingerprint density at radius 3 is 2.48 bits per heavy atom. The highest BCUT2D eigenvalue weighted by Gasteiger charge is 2.24. The maximum absolute atomic E-state index is 3.50. The third-order valence-electron chi connectivity index (χ3n) is 5.13. The van der Waals surface area contributed by atoms with Gasteiger partial charge in [0.2, 0.25) is 0 Å². The van der Waals surface area contributed by atoms with Crippen molar-refractivity contribution >= 4 is 0 Å². The van der Waals surface area contributed by atoms with E-state index < -0.39 is 0 Å². The van der Waals surface area contributed by atoms with Crippen LogP contribution in [-0.4, -0.2) is 31.6 Å². The van der Waals surface area contributed by atoms with Crippen molar-refractivity contribution in [2.45, 2.75) is 46.1 Å². The van der Waals surface area contributed by atoms with Crippen LogP contribution < -0.4 is 5.32 Å². The minimum Gasteiger partial charge on any atom is -0.312 e. The summed E-state index contributed by atoms with van der Waals surface area (Å²) in [5, 5.41) is 3.50. The van der Waals surface area contributed by atoms with Gasteiger partial charge in [-0.3, -0.25) is 0 Å². The first-order chi connectivity index (χ1) is 10.1. The molecule has 0 radical (unpaired) electrons. The Morgan fingerprint density at radius 2 is 1.90 bits per heavy atom. The monoisotopic (exact) mass is 288 g/mol. The molecule has 1 aliphatic heterocycles. The lowest BCUT2D eigenvalue weighted by atomic mass is 9.88. The molecule has 0 aromatic heterocycles. The van der Waals surface area contributed by atoms with Gasteiger partial charge in [0.15, 0.2) is 0 Å². The Hall–Kier alpha value is -0.860. The largest absolute Gasteiger partial charge is 0.312 e. The molecule has 3 unspecified atom stereocenters. The number of likely N-dealkylation sites (N-methyl/N-ethyl adjacent to an activating group) is 1. The summed E-state index contributed by atoms with van der Waals surface area (Å²) >= 11 is 0. The van der Waals surface area contributed by atoms with Gasteiger partial charge in [0.25, 0.3) is 0 Å². The van der Waals surface area contributed by atoms with Crippen LogP contribution >= 0.6 is 0 Å². The SMILES string of the molecule is CCCc1ccc(C(CN2CCC(C)C(C)C2)NC)cc1. The molecular weight excluding hydrogens is 256 g/mol. The van der Waals surface area contributed by atoms with Gasteiger partial charge in [-0.25, -0.2) is 0 Å². The molecule has 0 amide bonds. The van der Waals surface area contributed by atoms with Crippen molar-refractivity contribution in [1.82, 2.24) is 10.2 Å². The molecule has 1 N–H and O–H groups in total. The van der Waals surface area contributed by atoms with E-state index >= 15 is 0 Å².